The van der Waals surface area contributed by atoms with Crippen LogP contribution in [0, 0.1) is 12.3 Å². The quantitative estimate of drug-likeness (QED) is 0.476. The van der Waals surface area contributed by atoms with E-state index in [1.54, 1.807) is 6.07 Å². The number of carbonyl (C=O) groups excluding carboxylic acids is 1. The summed E-state index contributed by atoms with van der Waals surface area (Å²) in [6, 6.07) is 5.51. The molecule has 0 aliphatic carbocycles. The molecule has 1 rings (SSSR count). The fraction of sp³-hybridized carbons (Fsp3) is 0.308. The molecule has 17 heavy (non-hydrogen) atoms. The van der Waals surface area contributed by atoms with E-state index >= 15 is 0 Å². The van der Waals surface area contributed by atoms with Crippen molar-refractivity contribution in [2.45, 2.75) is 27.7 Å². The maximum Gasteiger partial charge on any atom is 0.161 e. The third-order valence-corrected chi connectivity index (χ3v) is 1.89. The fourth-order valence-electron chi connectivity index (χ4n) is 1.19. The van der Waals surface area contributed by atoms with Gasteiger partial charge >= 0.3 is 0 Å². The van der Waals surface area contributed by atoms with Crippen molar-refractivity contribution >= 4 is 23.9 Å². The molecule has 2 N–H and O–H groups in total. The number of hydrogen-bond donors (Lipinski definition) is 2. The van der Waals surface area contributed by atoms with Crippen LogP contribution >= 0.6 is 0 Å². The highest BCUT2D eigenvalue weighted by molar-refractivity contribution is 6.14. The summed E-state index contributed by atoms with van der Waals surface area (Å²) in [5, 5.41) is 10.5. The van der Waals surface area contributed by atoms with Gasteiger partial charge in [0.25, 0.3) is 0 Å². The van der Waals surface area contributed by atoms with Gasteiger partial charge in [-0.1, -0.05) is 25.5 Å². The van der Waals surface area contributed by atoms with Gasteiger partial charge in [0.15, 0.2) is 5.78 Å². The summed E-state index contributed by atoms with van der Waals surface area (Å²) in [6.45, 7) is 7.44. The van der Waals surface area contributed by atoms with Gasteiger partial charge in [-0.25, -0.2) is 0 Å². The number of nitrogens with zero attached hydrogens (tertiary/aromatic N) is 1. The molecule has 1 aromatic rings. The number of hydrazone groups is 1. The van der Waals surface area contributed by atoms with Gasteiger partial charge < -0.3 is 5.41 Å². The molecule has 0 aliphatic rings. The molecule has 0 aliphatic heterocycles. The molecule has 4 nitrogen and oxygen atoms in total. The van der Waals surface area contributed by atoms with Gasteiger partial charge in [0, 0.05) is 11.8 Å². The lowest BCUT2D eigenvalue weighted by atomic mass is 10.1. The topological polar surface area (TPSA) is 65.3 Å². The Balaban J connectivity index is 0.00000121. The first-order valence-electron chi connectivity index (χ1n) is 5.55. The van der Waals surface area contributed by atoms with E-state index in [0.717, 1.165) is 11.8 Å². The van der Waals surface area contributed by atoms with Crippen molar-refractivity contribution in [1.29, 1.82) is 5.41 Å². The van der Waals surface area contributed by atoms with Crippen molar-refractivity contribution in [3.05, 3.63) is 29.3 Å². The molecule has 0 bridgehead atoms. The Hall–Kier alpha value is -1.97. The number of ketones is 1. The van der Waals surface area contributed by atoms with Gasteiger partial charge in [-0.15, -0.1) is 0 Å². The van der Waals surface area contributed by atoms with Gasteiger partial charge in [0.1, 0.15) is 0 Å². The maximum absolute atomic E-state index is 11.3. The van der Waals surface area contributed by atoms with Gasteiger partial charge in [0.05, 0.1) is 11.9 Å². The predicted molar refractivity (Wildman–Crippen MR) is 73.4 cm³/mol. The van der Waals surface area contributed by atoms with Gasteiger partial charge in [-0.05, 0) is 26.0 Å². The van der Waals surface area contributed by atoms with Gasteiger partial charge in [-0.2, -0.15) is 5.10 Å². The number of rotatable bonds is 4. The van der Waals surface area contributed by atoms with Crippen molar-refractivity contribution < 1.29 is 4.79 Å². The zero-order valence-electron chi connectivity index (χ0n) is 10.7. The largest absolute Gasteiger partial charge is 0.307 e. The van der Waals surface area contributed by atoms with Crippen LogP contribution in [0.1, 0.15) is 36.7 Å². The highest BCUT2D eigenvalue weighted by Gasteiger charge is 2.06. The molecule has 0 unspecified atom stereocenters. The normalized spacial score (nSPS) is 9.41. The molecular formula is C13H19N3O. The first-order valence-corrected chi connectivity index (χ1v) is 5.55. The zero-order valence-corrected chi connectivity index (χ0v) is 10.7. The third-order valence-electron chi connectivity index (χ3n) is 1.89. The first kappa shape index (κ1) is 15.0. The molecule has 0 aromatic heterocycles. The molecule has 0 atom stereocenters. The molecule has 0 heterocycles. The number of nitrogens with one attached hydrogen (secondary N) is 2. The summed E-state index contributed by atoms with van der Waals surface area (Å²) >= 11 is 0. The Kier molecular flexibility index (Phi) is 7.26. The average Bonchev–Trinajstić information content (AvgIpc) is 2.33. The average molecular weight is 233 g/mol. The molecule has 0 saturated carbocycles. The van der Waals surface area contributed by atoms with Crippen LogP contribution in [0.25, 0.3) is 0 Å². The molecule has 4 heteroatoms. The summed E-state index contributed by atoms with van der Waals surface area (Å²) in [5.41, 5.74) is 5.02. The highest BCUT2D eigenvalue weighted by atomic mass is 16.1. The summed E-state index contributed by atoms with van der Waals surface area (Å²) in [6.07, 6.45) is 2.37. The van der Waals surface area contributed by atoms with E-state index in [4.69, 9.17) is 5.41 Å². The van der Waals surface area contributed by atoms with Crippen molar-refractivity contribution in [1.82, 2.24) is 0 Å². The fourth-order valence-corrected chi connectivity index (χ4v) is 1.19. The van der Waals surface area contributed by atoms with E-state index in [9.17, 15) is 4.79 Å². The Bertz CT molecular complexity index is 411. The van der Waals surface area contributed by atoms with Crippen LogP contribution in [-0.4, -0.2) is 18.2 Å². The number of anilines is 1. The number of hydrogen-bond acceptors (Lipinski definition) is 4. The Morgan fingerprint density at radius 3 is 2.59 bits per heavy atom. The standard InChI is InChI=1S/C11H13N3O.C2H6/c1-8-3-4-11(14-13-6-5-12)10(7-8)9(2)15;1-2/h3-7,12,14H,1-2H3;1-2H3/b12-5?,13-6-;. The van der Waals surface area contributed by atoms with Crippen molar-refractivity contribution in [2.75, 3.05) is 5.43 Å². The van der Waals surface area contributed by atoms with Crippen LogP contribution in [0.5, 0.6) is 0 Å². The molecule has 92 valence electrons. The smallest absolute Gasteiger partial charge is 0.161 e. The lowest BCUT2D eigenvalue weighted by Crippen LogP contribution is -2.00. The summed E-state index contributed by atoms with van der Waals surface area (Å²) in [5.74, 6) is -0.00810. The minimum absolute atomic E-state index is 0.00810. The highest BCUT2D eigenvalue weighted by Crippen LogP contribution is 2.17. The van der Waals surface area contributed by atoms with Crippen molar-refractivity contribution in [3.8, 4) is 0 Å². The SMILES string of the molecule is CC.CC(=O)c1cc(C)ccc1N/N=C\C=N. The zero-order chi connectivity index (χ0) is 13.3. The van der Waals surface area contributed by atoms with Crippen LogP contribution in [0.15, 0.2) is 23.3 Å². The number of aryl methyl sites for hydroxylation is 1. The van der Waals surface area contributed by atoms with Crippen molar-refractivity contribution in [2.24, 2.45) is 5.10 Å². The number of Topliss-reactive ketones (excluding diaryl/α,β-unsaturated/α-hetero) is 1. The summed E-state index contributed by atoms with van der Waals surface area (Å²) < 4.78 is 0. The Labute approximate surface area is 102 Å². The van der Waals surface area contributed by atoms with E-state index in [0.29, 0.717) is 11.3 Å². The number of carbonyl (C=O) groups is 1. The van der Waals surface area contributed by atoms with Crippen LogP contribution in [-0.2, 0) is 0 Å². The van der Waals surface area contributed by atoms with Crippen LogP contribution in [0.3, 0.4) is 0 Å². The molecular weight excluding hydrogens is 214 g/mol. The van der Waals surface area contributed by atoms with Gasteiger partial charge in [0.2, 0.25) is 0 Å². The summed E-state index contributed by atoms with van der Waals surface area (Å²) in [4.78, 5) is 11.3. The van der Waals surface area contributed by atoms with E-state index in [2.05, 4.69) is 10.5 Å². The van der Waals surface area contributed by atoms with E-state index in [1.165, 1.54) is 13.1 Å². The minimum atomic E-state index is -0.00810. The lowest BCUT2D eigenvalue weighted by Gasteiger charge is -2.06. The second-order valence-corrected chi connectivity index (χ2v) is 3.16. The first-order chi connectivity index (χ1) is 8.15. The lowest BCUT2D eigenvalue weighted by molar-refractivity contribution is 0.101. The molecule has 0 spiro atoms. The van der Waals surface area contributed by atoms with Crippen LogP contribution in [0.4, 0.5) is 5.69 Å². The predicted octanol–water partition coefficient (Wildman–Crippen LogP) is 3.27. The molecule has 0 fully saturated rings. The van der Waals surface area contributed by atoms with E-state index < -0.39 is 0 Å². The van der Waals surface area contributed by atoms with Crippen LogP contribution in [0.2, 0.25) is 0 Å². The van der Waals surface area contributed by atoms with Crippen molar-refractivity contribution in [3.63, 3.8) is 0 Å². The Morgan fingerprint density at radius 1 is 1.41 bits per heavy atom. The molecule has 0 saturated heterocycles. The molecule has 0 radical (unpaired) electrons. The Morgan fingerprint density at radius 2 is 2.06 bits per heavy atom. The second-order valence-electron chi connectivity index (χ2n) is 3.16. The molecule has 1 aromatic carbocycles. The van der Waals surface area contributed by atoms with Crippen LogP contribution < -0.4 is 5.43 Å². The monoisotopic (exact) mass is 233 g/mol. The molecule has 0 amide bonds. The third kappa shape index (κ3) is 5.06. The minimum Gasteiger partial charge on any atom is -0.307 e. The van der Waals surface area contributed by atoms with E-state index in [1.807, 2.05) is 32.9 Å². The maximum atomic E-state index is 11.3. The number of benzene rings is 1. The van der Waals surface area contributed by atoms with Gasteiger partial charge in [-0.3, -0.25) is 10.2 Å². The summed E-state index contributed by atoms with van der Waals surface area (Å²) in [7, 11) is 0. The second kappa shape index (κ2) is 8.21. The van der Waals surface area contributed by atoms with E-state index in [-0.39, 0.29) is 5.78 Å².